The fraction of sp³-hybridized carbons (Fsp3) is 0.438. The molecule has 1 saturated carbocycles. The van der Waals surface area contributed by atoms with E-state index in [1.165, 1.54) is 4.90 Å². The second-order valence-corrected chi connectivity index (χ2v) is 5.39. The number of hydrogen-bond donors (Lipinski definition) is 1. The summed E-state index contributed by atoms with van der Waals surface area (Å²) >= 11 is 0. The Labute approximate surface area is 123 Å². The molecule has 5 nitrogen and oxygen atoms in total. The van der Waals surface area contributed by atoms with E-state index >= 15 is 0 Å². The molecule has 0 saturated heterocycles. The summed E-state index contributed by atoms with van der Waals surface area (Å²) in [6.07, 6.45) is 2.94. The second-order valence-electron chi connectivity index (χ2n) is 5.39. The van der Waals surface area contributed by atoms with Gasteiger partial charge in [0.05, 0.1) is 23.5 Å². The summed E-state index contributed by atoms with van der Waals surface area (Å²) in [5.41, 5.74) is 1.20. The molecule has 0 heterocycles. The molecular formula is C16H18N2O3. The molecule has 1 aromatic rings. The van der Waals surface area contributed by atoms with Crippen LogP contribution >= 0.6 is 0 Å². The minimum atomic E-state index is -0.888. The lowest BCUT2D eigenvalue weighted by Gasteiger charge is -2.31. The Morgan fingerprint density at radius 1 is 1.19 bits per heavy atom. The highest BCUT2D eigenvalue weighted by molar-refractivity contribution is 5.96. The third-order valence-electron chi connectivity index (χ3n) is 4.11. The van der Waals surface area contributed by atoms with Gasteiger partial charge in [-0.1, -0.05) is 12.8 Å². The first kappa shape index (κ1) is 15.0. The number of benzene rings is 1. The predicted molar refractivity (Wildman–Crippen MR) is 77.7 cm³/mol. The summed E-state index contributed by atoms with van der Waals surface area (Å²) in [5, 5.41) is 18.1. The molecule has 21 heavy (non-hydrogen) atoms. The predicted octanol–water partition coefficient (Wildman–Crippen LogP) is 2.41. The molecule has 1 aromatic carbocycles. The van der Waals surface area contributed by atoms with Crippen molar-refractivity contribution >= 4 is 17.6 Å². The van der Waals surface area contributed by atoms with Crippen molar-refractivity contribution < 1.29 is 14.7 Å². The van der Waals surface area contributed by atoms with Gasteiger partial charge in [-0.2, -0.15) is 5.26 Å². The molecule has 0 aliphatic heterocycles. The van der Waals surface area contributed by atoms with Crippen molar-refractivity contribution in [1.29, 1.82) is 5.26 Å². The second kappa shape index (κ2) is 6.40. The topological polar surface area (TPSA) is 81.4 Å². The molecule has 110 valence electrons. The molecule has 5 heteroatoms. The lowest BCUT2D eigenvalue weighted by Crippen LogP contribution is -2.40. The van der Waals surface area contributed by atoms with E-state index in [1.807, 2.05) is 6.07 Å². The minimum Gasteiger partial charge on any atom is -0.481 e. The Balaban J connectivity index is 2.17. The van der Waals surface area contributed by atoms with Crippen molar-refractivity contribution in [2.24, 2.45) is 11.8 Å². The van der Waals surface area contributed by atoms with Crippen molar-refractivity contribution in [3.63, 3.8) is 0 Å². The molecule has 2 atom stereocenters. The van der Waals surface area contributed by atoms with E-state index in [9.17, 15) is 14.7 Å². The fourth-order valence-electron chi connectivity index (χ4n) is 2.86. The molecule has 2 rings (SSSR count). The van der Waals surface area contributed by atoms with Gasteiger partial charge in [-0.3, -0.25) is 9.59 Å². The summed E-state index contributed by atoms with van der Waals surface area (Å²) in [7, 11) is 1.65. The Morgan fingerprint density at radius 3 is 2.29 bits per heavy atom. The van der Waals surface area contributed by atoms with Gasteiger partial charge >= 0.3 is 5.97 Å². The van der Waals surface area contributed by atoms with Gasteiger partial charge in [0, 0.05) is 12.7 Å². The largest absolute Gasteiger partial charge is 0.481 e. The van der Waals surface area contributed by atoms with E-state index in [1.54, 1.807) is 31.3 Å². The van der Waals surface area contributed by atoms with Crippen molar-refractivity contribution in [2.45, 2.75) is 25.7 Å². The van der Waals surface area contributed by atoms with Crippen molar-refractivity contribution in [1.82, 2.24) is 0 Å². The lowest BCUT2D eigenvalue weighted by atomic mass is 9.78. The third kappa shape index (κ3) is 3.22. The van der Waals surface area contributed by atoms with Crippen LogP contribution < -0.4 is 4.90 Å². The number of nitriles is 1. The summed E-state index contributed by atoms with van der Waals surface area (Å²) < 4.78 is 0. The number of carbonyl (C=O) groups excluding carboxylic acids is 1. The van der Waals surface area contributed by atoms with Crippen LogP contribution in [0.4, 0.5) is 5.69 Å². The smallest absolute Gasteiger partial charge is 0.307 e. The Kier molecular flexibility index (Phi) is 4.59. The molecule has 2 unspecified atom stereocenters. The summed E-state index contributed by atoms with van der Waals surface area (Å²) in [6.45, 7) is 0. The minimum absolute atomic E-state index is 0.160. The summed E-state index contributed by atoms with van der Waals surface area (Å²) in [4.78, 5) is 25.4. The van der Waals surface area contributed by atoms with E-state index in [4.69, 9.17) is 5.26 Å². The van der Waals surface area contributed by atoms with Crippen LogP contribution in [-0.4, -0.2) is 24.0 Å². The molecule has 1 fully saturated rings. The maximum atomic E-state index is 12.6. The standard InChI is InChI=1S/C16H18N2O3/c1-18(12-8-6-11(10-17)7-9-12)15(19)13-4-2-3-5-14(13)16(20)21/h6-9,13-14H,2-5H2,1H3,(H,20,21). The zero-order valence-electron chi connectivity index (χ0n) is 12.0. The van der Waals surface area contributed by atoms with Gasteiger partial charge in [-0.15, -0.1) is 0 Å². The van der Waals surface area contributed by atoms with Crippen LogP contribution in [0.1, 0.15) is 31.2 Å². The van der Waals surface area contributed by atoms with Gasteiger partial charge in [0.15, 0.2) is 0 Å². The van der Waals surface area contributed by atoms with Crippen LogP contribution in [0.15, 0.2) is 24.3 Å². The van der Waals surface area contributed by atoms with Crippen LogP contribution in [-0.2, 0) is 9.59 Å². The highest BCUT2D eigenvalue weighted by Crippen LogP contribution is 2.32. The number of hydrogen-bond acceptors (Lipinski definition) is 3. The van der Waals surface area contributed by atoms with Crippen molar-refractivity contribution in [3.8, 4) is 6.07 Å². The first-order chi connectivity index (χ1) is 10.0. The maximum Gasteiger partial charge on any atom is 0.307 e. The van der Waals surface area contributed by atoms with Crippen LogP contribution in [0.3, 0.4) is 0 Å². The zero-order chi connectivity index (χ0) is 15.4. The van der Waals surface area contributed by atoms with E-state index in [-0.39, 0.29) is 5.91 Å². The number of nitrogens with zero attached hydrogens (tertiary/aromatic N) is 2. The highest BCUT2D eigenvalue weighted by atomic mass is 16.4. The van der Waals surface area contributed by atoms with Gasteiger partial charge in [0.2, 0.25) is 5.91 Å². The number of carboxylic acids is 1. The number of amides is 1. The molecule has 1 N–H and O–H groups in total. The molecule has 0 aromatic heterocycles. The number of rotatable bonds is 3. The van der Waals surface area contributed by atoms with Gasteiger partial charge in [-0.05, 0) is 37.1 Å². The molecule has 0 radical (unpaired) electrons. The number of aliphatic carboxylic acids is 1. The first-order valence-electron chi connectivity index (χ1n) is 7.05. The van der Waals surface area contributed by atoms with Gasteiger partial charge in [-0.25, -0.2) is 0 Å². The fourth-order valence-corrected chi connectivity index (χ4v) is 2.86. The third-order valence-corrected chi connectivity index (χ3v) is 4.11. The molecule has 0 bridgehead atoms. The number of carbonyl (C=O) groups is 2. The SMILES string of the molecule is CN(C(=O)C1CCCCC1C(=O)O)c1ccc(C#N)cc1. The van der Waals surface area contributed by atoms with Crippen LogP contribution in [0.25, 0.3) is 0 Å². The van der Waals surface area contributed by atoms with Crippen LogP contribution in [0.5, 0.6) is 0 Å². The summed E-state index contributed by atoms with van der Waals surface area (Å²) in [6, 6.07) is 8.73. The first-order valence-corrected chi connectivity index (χ1v) is 7.05. The van der Waals surface area contributed by atoms with Gasteiger partial charge < -0.3 is 10.0 Å². The van der Waals surface area contributed by atoms with Crippen LogP contribution in [0.2, 0.25) is 0 Å². The number of carboxylic acid groups (broad SMARTS) is 1. The Morgan fingerprint density at radius 2 is 1.76 bits per heavy atom. The van der Waals surface area contributed by atoms with Gasteiger partial charge in [0.1, 0.15) is 0 Å². The summed E-state index contributed by atoms with van der Waals surface area (Å²) in [5.74, 6) is -2.10. The van der Waals surface area contributed by atoms with E-state index in [2.05, 4.69) is 0 Å². The highest BCUT2D eigenvalue weighted by Gasteiger charge is 2.37. The van der Waals surface area contributed by atoms with Crippen molar-refractivity contribution in [2.75, 3.05) is 11.9 Å². The lowest BCUT2D eigenvalue weighted by molar-refractivity contribution is -0.148. The number of anilines is 1. The monoisotopic (exact) mass is 286 g/mol. The average molecular weight is 286 g/mol. The zero-order valence-corrected chi connectivity index (χ0v) is 12.0. The van der Waals surface area contributed by atoms with Crippen LogP contribution in [0, 0.1) is 23.2 Å². The van der Waals surface area contributed by atoms with E-state index in [0.29, 0.717) is 24.1 Å². The molecule has 0 spiro atoms. The normalized spacial score (nSPS) is 21.3. The molecule has 1 amide bonds. The van der Waals surface area contributed by atoms with Crippen molar-refractivity contribution in [3.05, 3.63) is 29.8 Å². The Bertz CT molecular complexity index is 574. The average Bonchev–Trinajstić information content (AvgIpc) is 2.53. The maximum absolute atomic E-state index is 12.6. The Hall–Kier alpha value is -2.35. The van der Waals surface area contributed by atoms with Gasteiger partial charge in [0.25, 0.3) is 0 Å². The van der Waals surface area contributed by atoms with E-state index in [0.717, 1.165) is 12.8 Å². The molecule has 1 aliphatic rings. The quantitative estimate of drug-likeness (QED) is 0.925. The van der Waals surface area contributed by atoms with E-state index < -0.39 is 17.8 Å². The molecule has 1 aliphatic carbocycles. The molecular weight excluding hydrogens is 268 g/mol.